The molecular formula is C13H13F2N3. The maximum atomic E-state index is 13.1. The van der Waals surface area contributed by atoms with Crippen molar-refractivity contribution < 1.29 is 8.78 Å². The van der Waals surface area contributed by atoms with Crippen LogP contribution in [-0.4, -0.2) is 17.0 Å². The van der Waals surface area contributed by atoms with E-state index in [0.29, 0.717) is 12.0 Å². The lowest BCUT2D eigenvalue weighted by Crippen LogP contribution is -2.20. The summed E-state index contributed by atoms with van der Waals surface area (Å²) < 4.78 is 25.9. The Morgan fingerprint density at radius 2 is 2.06 bits per heavy atom. The number of halogens is 2. The van der Waals surface area contributed by atoms with E-state index < -0.39 is 11.6 Å². The fraction of sp³-hybridized carbons (Fsp3) is 0.231. The van der Waals surface area contributed by atoms with Crippen LogP contribution in [0.3, 0.4) is 0 Å². The molecule has 0 spiro atoms. The monoisotopic (exact) mass is 249 g/mol. The minimum atomic E-state index is -0.832. The molecule has 3 nitrogen and oxygen atoms in total. The first-order valence-electron chi connectivity index (χ1n) is 5.58. The molecule has 1 unspecified atom stereocenters. The van der Waals surface area contributed by atoms with Crippen molar-refractivity contribution in [3.63, 3.8) is 0 Å². The smallest absolute Gasteiger partial charge is 0.159 e. The van der Waals surface area contributed by atoms with Crippen LogP contribution in [0.1, 0.15) is 17.3 Å². The van der Waals surface area contributed by atoms with E-state index in [0.717, 1.165) is 11.8 Å². The highest BCUT2D eigenvalue weighted by molar-refractivity contribution is 5.20. The van der Waals surface area contributed by atoms with E-state index in [1.54, 1.807) is 25.4 Å². The van der Waals surface area contributed by atoms with Crippen molar-refractivity contribution in [2.75, 3.05) is 7.05 Å². The van der Waals surface area contributed by atoms with Crippen molar-refractivity contribution in [3.05, 3.63) is 59.7 Å². The fourth-order valence-corrected chi connectivity index (χ4v) is 1.76. The molecule has 1 heterocycles. The summed E-state index contributed by atoms with van der Waals surface area (Å²) in [6.07, 6.45) is 3.65. The zero-order valence-electron chi connectivity index (χ0n) is 9.90. The molecule has 1 atom stereocenters. The van der Waals surface area contributed by atoms with Gasteiger partial charge in [0.15, 0.2) is 11.6 Å². The Bertz CT molecular complexity index is 517. The van der Waals surface area contributed by atoms with Gasteiger partial charge in [0.05, 0.1) is 11.7 Å². The predicted octanol–water partition coefficient (Wildman–Crippen LogP) is 2.26. The van der Waals surface area contributed by atoms with Gasteiger partial charge in [-0.1, -0.05) is 6.07 Å². The molecule has 0 amide bonds. The molecule has 18 heavy (non-hydrogen) atoms. The first kappa shape index (κ1) is 12.6. The van der Waals surface area contributed by atoms with Gasteiger partial charge in [-0.05, 0) is 37.2 Å². The number of hydrogen-bond donors (Lipinski definition) is 1. The summed E-state index contributed by atoms with van der Waals surface area (Å²) in [4.78, 5) is 7.99. The highest BCUT2D eigenvalue weighted by Crippen LogP contribution is 2.17. The minimum absolute atomic E-state index is 0.0575. The quantitative estimate of drug-likeness (QED) is 0.903. The van der Waals surface area contributed by atoms with Gasteiger partial charge in [-0.2, -0.15) is 0 Å². The highest BCUT2D eigenvalue weighted by atomic mass is 19.2. The summed E-state index contributed by atoms with van der Waals surface area (Å²) in [5.41, 5.74) is 1.53. The molecule has 0 fully saturated rings. The van der Waals surface area contributed by atoms with Crippen LogP contribution < -0.4 is 5.32 Å². The lowest BCUT2D eigenvalue weighted by molar-refractivity contribution is 0.504. The van der Waals surface area contributed by atoms with Crippen molar-refractivity contribution in [1.82, 2.24) is 15.3 Å². The van der Waals surface area contributed by atoms with Gasteiger partial charge < -0.3 is 5.32 Å². The normalized spacial score (nSPS) is 12.4. The lowest BCUT2D eigenvalue weighted by Gasteiger charge is -2.15. The van der Waals surface area contributed by atoms with Crippen LogP contribution in [0.15, 0.2) is 36.8 Å². The number of nitrogens with one attached hydrogen (secondary N) is 1. The summed E-state index contributed by atoms with van der Waals surface area (Å²) in [6.45, 7) is 0. The van der Waals surface area contributed by atoms with E-state index in [1.165, 1.54) is 12.4 Å². The van der Waals surface area contributed by atoms with E-state index in [2.05, 4.69) is 15.3 Å². The first-order chi connectivity index (χ1) is 8.70. The van der Waals surface area contributed by atoms with Crippen LogP contribution in [0.5, 0.6) is 0 Å². The zero-order chi connectivity index (χ0) is 13.0. The Morgan fingerprint density at radius 1 is 1.22 bits per heavy atom. The van der Waals surface area contributed by atoms with Crippen molar-refractivity contribution in [3.8, 4) is 0 Å². The van der Waals surface area contributed by atoms with Crippen LogP contribution >= 0.6 is 0 Å². The van der Waals surface area contributed by atoms with Gasteiger partial charge in [0.1, 0.15) is 6.33 Å². The largest absolute Gasteiger partial charge is 0.311 e. The third-order valence-corrected chi connectivity index (χ3v) is 2.73. The van der Waals surface area contributed by atoms with Gasteiger partial charge in [-0.25, -0.2) is 18.7 Å². The van der Waals surface area contributed by atoms with Gasteiger partial charge in [0, 0.05) is 6.20 Å². The van der Waals surface area contributed by atoms with Crippen molar-refractivity contribution in [2.24, 2.45) is 0 Å². The summed E-state index contributed by atoms with van der Waals surface area (Å²) in [7, 11) is 1.80. The molecule has 1 aromatic heterocycles. The summed E-state index contributed by atoms with van der Waals surface area (Å²) in [5.74, 6) is -1.66. The van der Waals surface area contributed by atoms with Crippen LogP contribution in [0.4, 0.5) is 8.78 Å². The van der Waals surface area contributed by atoms with E-state index in [1.807, 2.05) is 0 Å². The fourth-order valence-electron chi connectivity index (χ4n) is 1.76. The van der Waals surface area contributed by atoms with Gasteiger partial charge in [-0.3, -0.25) is 0 Å². The number of benzene rings is 1. The number of hydrogen-bond acceptors (Lipinski definition) is 3. The molecule has 0 aliphatic rings. The SMILES string of the molecule is CNC(Cc1ccc(F)c(F)c1)c1ccncn1. The maximum Gasteiger partial charge on any atom is 0.159 e. The Labute approximate surface area is 104 Å². The molecular weight excluding hydrogens is 236 g/mol. The van der Waals surface area contributed by atoms with Crippen molar-refractivity contribution >= 4 is 0 Å². The molecule has 2 aromatic rings. The standard InChI is InChI=1S/C13H13F2N3/c1-16-13(12-4-5-17-8-18-12)7-9-2-3-10(14)11(15)6-9/h2-6,8,13,16H,7H2,1H3. The van der Waals surface area contributed by atoms with Crippen molar-refractivity contribution in [2.45, 2.75) is 12.5 Å². The number of likely N-dealkylation sites (N-methyl/N-ethyl adjacent to an activating group) is 1. The van der Waals surface area contributed by atoms with Crippen LogP contribution in [-0.2, 0) is 6.42 Å². The number of nitrogens with zero attached hydrogens (tertiary/aromatic N) is 2. The molecule has 2 rings (SSSR count). The van der Waals surface area contributed by atoms with E-state index in [4.69, 9.17) is 0 Å². The third-order valence-electron chi connectivity index (χ3n) is 2.73. The number of rotatable bonds is 4. The van der Waals surface area contributed by atoms with Crippen molar-refractivity contribution in [1.29, 1.82) is 0 Å². The summed E-state index contributed by atoms with van der Waals surface area (Å²) >= 11 is 0. The molecule has 0 radical (unpaired) electrons. The molecule has 1 N–H and O–H groups in total. The first-order valence-corrected chi connectivity index (χ1v) is 5.58. The molecule has 5 heteroatoms. The Balaban J connectivity index is 2.18. The highest BCUT2D eigenvalue weighted by Gasteiger charge is 2.12. The number of aromatic nitrogens is 2. The van der Waals surface area contributed by atoms with Crippen LogP contribution in [0, 0.1) is 11.6 Å². The second-order valence-electron chi connectivity index (χ2n) is 3.93. The van der Waals surface area contributed by atoms with E-state index in [9.17, 15) is 8.78 Å². The topological polar surface area (TPSA) is 37.8 Å². The minimum Gasteiger partial charge on any atom is -0.311 e. The molecule has 0 saturated carbocycles. The predicted molar refractivity (Wildman–Crippen MR) is 63.9 cm³/mol. The molecule has 0 aliphatic heterocycles. The summed E-state index contributed by atoms with van der Waals surface area (Å²) in [5, 5.41) is 3.09. The van der Waals surface area contributed by atoms with Gasteiger partial charge in [-0.15, -0.1) is 0 Å². The molecule has 0 saturated heterocycles. The zero-order valence-corrected chi connectivity index (χ0v) is 9.90. The van der Waals surface area contributed by atoms with E-state index >= 15 is 0 Å². The third kappa shape index (κ3) is 2.87. The molecule has 0 bridgehead atoms. The lowest BCUT2D eigenvalue weighted by atomic mass is 10.0. The van der Waals surface area contributed by atoms with Gasteiger partial charge in [0.2, 0.25) is 0 Å². The Hall–Kier alpha value is -1.88. The van der Waals surface area contributed by atoms with Gasteiger partial charge in [0.25, 0.3) is 0 Å². The van der Waals surface area contributed by atoms with E-state index in [-0.39, 0.29) is 6.04 Å². The maximum absolute atomic E-state index is 13.1. The van der Waals surface area contributed by atoms with Crippen LogP contribution in [0.25, 0.3) is 0 Å². The Kier molecular flexibility index (Phi) is 3.94. The molecule has 1 aromatic carbocycles. The molecule has 0 aliphatic carbocycles. The van der Waals surface area contributed by atoms with Gasteiger partial charge >= 0.3 is 0 Å². The second-order valence-corrected chi connectivity index (χ2v) is 3.93. The Morgan fingerprint density at radius 3 is 2.67 bits per heavy atom. The average molecular weight is 249 g/mol. The van der Waals surface area contributed by atoms with Crippen LogP contribution in [0.2, 0.25) is 0 Å². The average Bonchev–Trinajstić information content (AvgIpc) is 2.41. The summed E-state index contributed by atoms with van der Waals surface area (Å²) in [6, 6.07) is 5.65. The second kappa shape index (κ2) is 5.64. The molecule has 94 valence electrons.